The lowest BCUT2D eigenvalue weighted by atomic mass is 10.2. The highest BCUT2D eigenvalue weighted by molar-refractivity contribution is 14.0. The molecule has 29 heavy (non-hydrogen) atoms. The van der Waals surface area contributed by atoms with Gasteiger partial charge in [0, 0.05) is 52.6 Å². The summed E-state index contributed by atoms with van der Waals surface area (Å²) in [6.45, 7) is 8.42. The molecule has 3 rings (SSSR count). The summed E-state index contributed by atoms with van der Waals surface area (Å²) in [5.41, 5.74) is 1.12. The Morgan fingerprint density at radius 3 is 2.93 bits per heavy atom. The highest BCUT2D eigenvalue weighted by Gasteiger charge is 2.17. The van der Waals surface area contributed by atoms with Gasteiger partial charge < -0.3 is 29.7 Å². The Hall–Kier alpha value is -1.17. The Balaban J connectivity index is 0.00000300. The van der Waals surface area contributed by atoms with Gasteiger partial charge in [0.1, 0.15) is 5.82 Å². The zero-order chi connectivity index (χ0) is 19.6. The van der Waals surface area contributed by atoms with Gasteiger partial charge in [-0.2, -0.15) is 0 Å². The number of nitrogens with zero attached hydrogens (tertiary/aromatic N) is 3. The van der Waals surface area contributed by atoms with Crippen molar-refractivity contribution in [1.29, 1.82) is 0 Å². The number of aliphatic imine (C=N–C) groups is 1. The van der Waals surface area contributed by atoms with E-state index in [-0.39, 0.29) is 36.2 Å². The number of hydrogen-bond donors (Lipinski definition) is 2. The minimum absolute atomic E-state index is 0. The van der Waals surface area contributed by atoms with Crippen LogP contribution < -0.4 is 15.5 Å². The van der Waals surface area contributed by atoms with Crippen molar-refractivity contribution in [2.24, 2.45) is 4.99 Å². The lowest BCUT2D eigenvalue weighted by molar-refractivity contribution is 0.0420. The van der Waals surface area contributed by atoms with Gasteiger partial charge in [-0.25, -0.2) is 4.98 Å². The number of anilines is 1. The van der Waals surface area contributed by atoms with Crippen molar-refractivity contribution < 1.29 is 14.2 Å². The first-order valence-electron chi connectivity index (χ1n) is 10.2. The standard InChI is InChI=1S/C20H33N5O3.HI/c1-16-14-25(8-11-27-16)19-5-4-17(12-23-19)13-24-20(21-2)22-7-3-9-28-18-6-10-26-15-18;/h4-5,12,16,18H,3,6-11,13-15H2,1-2H3,(H2,21,22,24);1H. The van der Waals surface area contributed by atoms with Gasteiger partial charge >= 0.3 is 0 Å². The zero-order valence-corrected chi connectivity index (χ0v) is 19.8. The molecule has 1 aromatic heterocycles. The molecule has 2 saturated heterocycles. The molecule has 0 radical (unpaired) electrons. The van der Waals surface area contributed by atoms with E-state index in [1.54, 1.807) is 7.05 Å². The Labute approximate surface area is 190 Å². The van der Waals surface area contributed by atoms with E-state index >= 15 is 0 Å². The van der Waals surface area contributed by atoms with Crippen LogP contribution in [0, 0.1) is 0 Å². The Bertz CT molecular complexity index is 611. The average Bonchev–Trinajstić information content (AvgIpc) is 3.24. The summed E-state index contributed by atoms with van der Waals surface area (Å²) >= 11 is 0. The molecule has 2 aliphatic rings. The fraction of sp³-hybridized carbons (Fsp3) is 0.700. The second-order valence-electron chi connectivity index (χ2n) is 7.21. The zero-order valence-electron chi connectivity index (χ0n) is 17.4. The molecular formula is C20H34IN5O3. The fourth-order valence-electron chi connectivity index (χ4n) is 3.31. The molecule has 0 amide bonds. The number of guanidine groups is 1. The number of ether oxygens (including phenoxy) is 3. The van der Waals surface area contributed by atoms with Crippen LogP contribution >= 0.6 is 24.0 Å². The van der Waals surface area contributed by atoms with E-state index in [4.69, 9.17) is 14.2 Å². The molecule has 0 aromatic carbocycles. The normalized spacial score (nSPS) is 22.3. The van der Waals surface area contributed by atoms with E-state index in [1.807, 2.05) is 6.20 Å². The van der Waals surface area contributed by atoms with Crippen LogP contribution in [0.5, 0.6) is 0 Å². The molecule has 2 aliphatic heterocycles. The van der Waals surface area contributed by atoms with Gasteiger partial charge in [0.15, 0.2) is 5.96 Å². The number of pyridine rings is 1. The largest absolute Gasteiger partial charge is 0.379 e. The second-order valence-corrected chi connectivity index (χ2v) is 7.21. The summed E-state index contributed by atoms with van der Waals surface area (Å²) in [4.78, 5) is 11.1. The maximum absolute atomic E-state index is 5.77. The SMILES string of the molecule is CN=C(NCCCOC1CCOC1)NCc1ccc(N2CCOC(C)C2)nc1.I. The molecule has 2 atom stereocenters. The van der Waals surface area contributed by atoms with Gasteiger partial charge in [-0.1, -0.05) is 6.07 Å². The van der Waals surface area contributed by atoms with E-state index < -0.39 is 0 Å². The van der Waals surface area contributed by atoms with Gasteiger partial charge in [0.05, 0.1) is 25.4 Å². The van der Waals surface area contributed by atoms with Gasteiger partial charge in [0.2, 0.25) is 0 Å². The maximum atomic E-state index is 5.77. The van der Waals surface area contributed by atoms with Gasteiger partial charge in [-0.15, -0.1) is 24.0 Å². The van der Waals surface area contributed by atoms with Crippen molar-refractivity contribution in [1.82, 2.24) is 15.6 Å². The van der Waals surface area contributed by atoms with Crippen molar-refractivity contribution in [3.8, 4) is 0 Å². The van der Waals surface area contributed by atoms with Crippen LogP contribution in [0.3, 0.4) is 0 Å². The quantitative estimate of drug-likeness (QED) is 0.235. The molecule has 2 unspecified atom stereocenters. The monoisotopic (exact) mass is 519 g/mol. The Morgan fingerprint density at radius 2 is 2.24 bits per heavy atom. The van der Waals surface area contributed by atoms with Crippen LogP contribution in [-0.2, 0) is 20.8 Å². The highest BCUT2D eigenvalue weighted by Crippen LogP contribution is 2.15. The predicted molar refractivity (Wildman–Crippen MR) is 125 cm³/mol. The lowest BCUT2D eigenvalue weighted by Gasteiger charge is -2.32. The number of halogens is 1. The molecule has 0 bridgehead atoms. The third kappa shape index (κ3) is 8.23. The first-order chi connectivity index (χ1) is 13.7. The van der Waals surface area contributed by atoms with Crippen LogP contribution in [0.15, 0.2) is 23.3 Å². The summed E-state index contributed by atoms with van der Waals surface area (Å²) in [7, 11) is 1.78. The highest BCUT2D eigenvalue weighted by atomic mass is 127. The summed E-state index contributed by atoms with van der Waals surface area (Å²) in [5, 5.41) is 6.65. The van der Waals surface area contributed by atoms with Crippen LogP contribution in [0.1, 0.15) is 25.3 Å². The summed E-state index contributed by atoms with van der Waals surface area (Å²) in [6.07, 6.45) is 4.39. The van der Waals surface area contributed by atoms with Crippen molar-refractivity contribution in [2.45, 2.75) is 38.5 Å². The van der Waals surface area contributed by atoms with Crippen molar-refractivity contribution in [3.05, 3.63) is 23.9 Å². The molecule has 164 valence electrons. The van der Waals surface area contributed by atoms with Gasteiger partial charge in [0.25, 0.3) is 0 Å². The smallest absolute Gasteiger partial charge is 0.191 e. The van der Waals surface area contributed by atoms with Crippen LogP contribution in [0.4, 0.5) is 5.82 Å². The van der Waals surface area contributed by atoms with E-state index in [0.29, 0.717) is 6.54 Å². The maximum Gasteiger partial charge on any atom is 0.191 e. The van der Waals surface area contributed by atoms with Gasteiger partial charge in [-0.3, -0.25) is 4.99 Å². The third-order valence-electron chi connectivity index (χ3n) is 4.91. The topological polar surface area (TPSA) is 80.2 Å². The van der Waals surface area contributed by atoms with Crippen LogP contribution in [-0.4, -0.2) is 76.3 Å². The number of aromatic nitrogens is 1. The first kappa shape index (κ1) is 24.1. The molecular weight excluding hydrogens is 485 g/mol. The molecule has 3 heterocycles. The van der Waals surface area contributed by atoms with Crippen molar-refractivity contribution in [2.75, 3.05) is 58.0 Å². The fourth-order valence-corrected chi connectivity index (χ4v) is 3.31. The number of nitrogens with one attached hydrogen (secondary N) is 2. The average molecular weight is 519 g/mol. The molecule has 0 aliphatic carbocycles. The first-order valence-corrected chi connectivity index (χ1v) is 10.2. The number of rotatable bonds is 8. The van der Waals surface area contributed by atoms with Crippen LogP contribution in [0.2, 0.25) is 0 Å². The molecule has 2 N–H and O–H groups in total. The second kappa shape index (κ2) is 13.2. The number of hydrogen-bond acceptors (Lipinski definition) is 6. The number of morpholine rings is 1. The minimum atomic E-state index is 0. The summed E-state index contributed by atoms with van der Waals surface area (Å²) in [6, 6.07) is 4.19. The van der Waals surface area contributed by atoms with E-state index in [2.05, 4.69) is 44.6 Å². The van der Waals surface area contributed by atoms with Gasteiger partial charge in [-0.05, 0) is 31.4 Å². The predicted octanol–water partition coefficient (Wildman–Crippen LogP) is 1.79. The molecule has 2 fully saturated rings. The lowest BCUT2D eigenvalue weighted by Crippen LogP contribution is -2.41. The van der Waals surface area contributed by atoms with E-state index in [0.717, 1.165) is 76.2 Å². The minimum Gasteiger partial charge on any atom is -0.379 e. The molecule has 1 aromatic rings. The van der Waals surface area contributed by atoms with Crippen LogP contribution in [0.25, 0.3) is 0 Å². The molecule has 9 heteroatoms. The third-order valence-corrected chi connectivity index (χ3v) is 4.91. The summed E-state index contributed by atoms with van der Waals surface area (Å²) in [5.74, 6) is 1.80. The van der Waals surface area contributed by atoms with Crippen molar-refractivity contribution in [3.63, 3.8) is 0 Å². The molecule has 0 spiro atoms. The Morgan fingerprint density at radius 1 is 1.34 bits per heavy atom. The van der Waals surface area contributed by atoms with Crippen molar-refractivity contribution >= 4 is 35.8 Å². The van der Waals surface area contributed by atoms with E-state index in [9.17, 15) is 0 Å². The molecule has 8 nitrogen and oxygen atoms in total. The van der Waals surface area contributed by atoms with E-state index in [1.165, 1.54) is 0 Å². The Kier molecular flexibility index (Phi) is 11.0. The summed E-state index contributed by atoms with van der Waals surface area (Å²) < 4.78 is 16.7. The molecule has 0 saturated carbocycles.